The standard InChI is InChI=1S/C15H16FN3O/c1-11-2-3-13(16)12(8-11)14-9-15(18-10-17-14)19-4-6-20-7-5-19/h2-3,8-10H,4-7H2,1H3. The van der Waals surface area contributed by atoms with Crippen LogP contribution in [0.25, 0.3) is 11.3 Å². The molecule has 2 heterocycles. The van der Waals surface area contributed by atoms with Crippen LogP contribution in [0.2, 0.25) is 0 Å². The summed E-state index contributed by atoms with van der Waals surface area (Å²) < 4.78 is 19.3. The molecule has 0 atom stereocenters. The molecule has 1 aliphatic heterocycles. The average molecular weight is 273 g/mol. The van der Waals surface area contributed by atoms with Crippen molar-refractivity contribution in [3.05, 3.63) is 42.0 Å². The summed E-state index contributed by atoms with van der Waals surface area (Å²) in [6.45, 7) is 4.92. The van der Waals surface area contributed by atoms with Crippen LogP contribution in [0.3, 0.4) is 0 Å². The quantitative estimate of drug-likeness (QED) is 0.842. The fraction of sp³-hybridized carbons (Fsp3) is 0.333. The van der Waals surface area contributed by atoms with Gasteiger partial charge in [0.2, 0.25) is 0 Å². The lowest BCUT2D eigenvalue weighted by Gasteiger charge is -2.27. The van der Waals surface area contributed by atoms with Crippen molar-refractivity contribution in [1.82, 2.24) is 9.97 Å². The Morgan fingerprint density at radius 1 is 1.15 bits per heavy atom. The number of morpholine rings is 1. The number of rotatable bonds is 2. The van der Waals surface area contributed by atoms with Crippen molar-refractivity contribution in [2.24, 2.45) is 0 Å². The highest BCUT2D eigenvalue weighted by Crippen LogP contribution is 2.24. The van der Waals surface area contributed by atoms with Crippen molar-refractivity contribution in [3.63, 3.8) is 0 Å². The van der Waals surface area contributed by atoms with Crippen LogP contribution in [-0.4, -0.2) is 36.3 Å². The van der Waals surface area contributed by atoms with Crippen LogP contribution in [0.15, 0.2) is 30.6 Å². The average Bonchev–Trinajstić information content (AvgIpc) is 2.51. The SMILES string of the molecule is Cc1ccc(F)c(-c2cc(N3CCOCC3)ncn2)c1. The molecule has 104 valence electrons. The van der Waals surface area contributed by atoms with E-state index in [2.05, 4.69) is 14.9 Å². The predicted molar refractivity (Wildman–Crippen MR) is 75.2 cm³/mol. The molecular weight excluding hydrogens is 257 g/mol. The van der Waals surface area contributed by atoms with Gasteiger partial charge in [-0.3, -0.25) is 0 Å². The van der Waals surface area contributed by atoms with Crippen LogP contribution in [0.5, 0.6) is 0 Å². The van der Waals surface area contributed by atoms with Crippen molar-refractivity contribution in [1.29, 1.82) is 0 Å². The molecule has 0 spiro atoms. The third-order valence-corrected chi connectivity index (χ3v) is 3.39. The van der Waals surface area contributed by atoms with Crippen LogP contribution < -0.4 is 4.90 Å². The maximum Gasteiger partial charge on any atom is 0.132 e. The fourth-order valence-electron chi connectivity index (χ4n) is 2.30. The first kappa shape index (κ1) is 13.0. The summed E-state index contributed by atoms with van der Waals surface area (Å²) in [5, 5.41) is 0. The van der Waals surface area contributed by atoms with Gasteiger partial charge in [-0.15, -0.1) is 0 Å². The topological polar surface area (TPSA) is 38.2 Å². The van der Waals surface area contributed by atoms with Crippen LogP contribution in [0, 0.1) is 12.7 Å². The summed E-state index contributed by atoms with van der Waals surface area (Å²) in [6, 6.07) is 6.87. The lowest BCUT2D eigenvalue weighted by Crippen LogP contribution is -2.36. The third kappa shape index (κ3) is 2.63. The maximum atomic E-state index is 13.9. The highest BCUT2D eigenvalue weighted by atomic mass is 19.1. The minimum absolute atomic E-state index is 0.262. The highest BCUT2D eigenvalue weighted by Gasteiger charge is 2.14. The van der Waals surface area contributed by atoms with Gasteiger partial charge in [-0.05, 0) is 19.1 Å². The number of aryl methyl sites for hydroxylation is 1. The summed E-state index contributed by atoms with van der Waals surface area (Å²) in [4.78, 5) is 10.6. The zero-order valence-electron chi connectivity index (χ0n) is 11.3. The second-order valence-electron chi connectivity index (χ2n) is 4.84. The molecule has 20 heavy (non-hydrogen) atoms. The first-order valence-electron chi connectivity index (χ1n) is 6.65. The van der Waals surface area contributed by atoms with Gasteiger partial charge in [0.15, 0.2) is 0 Å². The summed E-state index contributed by atoms with van der Waals surface area (Å²) in [7, 11) is 0. The molecule has 5 heteroatoms. The minimum atomic E-state index is -0.262. The Bertz CT molecular complexity index is 612. The van der Waals surface area contributed by atoms with Crippen molar-refractivity contribution in [2.75, 3.05) is 31.2 Å². The Kier molecular flexibility index (Phi) is 3.60. The van der Waals surface area contributed by atoms with E-state index in [1.807, 2.05) is 13.0 Å². The second kappa shape index (κ2) is 5.54. The number of ether oxygens (including phenoxy) is 1. The zero-order valence-corrected chi connectivity index (χ0v) is 11.3. The van der Waals surface area contributed by atoms with Crippen molar-refractivity contribution in [3.8, 4) is 11.3 Å². The van der Waals surface area contributed by atoms with Gasteiger partial charge in [-0.2, -0.15) is 0 Å². The molecule has 0 bridgehead atoms. The molecule has 1 aromatic carbocycles. The molecule has 1 saturated heterocycles. The normalized spacial score (nSPS) is 15.4. The molecule has 2 aromatic rings. The van der Waals surface area contributed by atoms with Crippen LogP contribution in [-0.2, 0) is 4.74 Å². The second-order valence-corrected chi connectivity index (χ2v) is 4.84. The Hall–Kier alpha value is -2.01. The Morgan fingerprint density at radius 2 is 1.95 bits per heavy atom. The smallest absolute Gasteiger partial charge is 0.132 e. The largest absolute Gasteiger partial charge is 0.378 e. The van der Waals surface area contributed by atoms with Gasteiger partial charge in [0.05, 0.1) is 18.9 Å². The molecule has 0 aliphatic carbocycles. The predicted octanol–water partition coefficient (Wildman–Crippen LogP) is 2.43. The van der Waals surface area contributed by atoms with Crippen molar-refractivity contribution < 1.29 is 9.13 Å². The number of halogens is 1. The summed E-state index contributed by atoms with van der Waals surface area (Å²) in [5.41, 5.74) is 2.14. The molecule has 1 aromatic heterocycles. The van der Waals surface area contributed by atoms with E-state index in [4.69, 9.17) is 4.74 Å². The number of nitrogens with zero attached hydrogens (tertiary/aromatic N) is 3. The van der Waals surface area contributed by atoms with Crippen molar-refractivity contribution >= 4 is 5.82 Å². The van der Waals surface area contributed by atoms with E-state index in [-0.39, 0.29) is 5.82 Å². The number of hydrogen-bond acceptors (Lipinski definition) is 4. The Labute approximate surface area is 117 Å². The fourth-order valence-corrected chi connectivity index (χ4v) is 2.30. The molecule has 1 aliphatic rings. The number of hydrogen-bond donors (Lipinski definition) is 0. The molecule has 4 nitrogen and oxygen atoms in total. The molecule has 0 radical (unpaired) electrons. The lowest BCUT2D eigenvalue weighted by atomic mass is 10.1. The Balaban J connectivity index is 1.96. The lowest BCUT2D eigenvalue weighted by molar-refractivity contribution is 0.122. The van der Waals surface area contributed by atoms with Gasteiger partial charge in [-0.25, -0.2) is 14.4 Å². The first-order chi connectivity index (χ1) is 9.74. The van der Waals surface area contributed by atoms with E-state index >= 15 is 0 Å². The van der Waals surface area contributed by atoms with E-state index in [9.17, 15) is 4.39 Å². The van der Waals surface area contributed by atoms with E-state index in [0.29, 0.717) is 24.5 Å². The highest BCUT2D eigenvalue weighted by molar-refractivity contribution is 5.64. The molecule has 1 fully saturated rings. The van der Waals surface area contributed by atoms with Gasteiger partial charge >= 0.3 is 0 Å². The summed E-state index contributed by atoms with van der Waals surface area (Å²) in [6.07, 6.45) is 1.49. The molecule has 0 saturated carbocycles. The molecule has 0 amide bonds. The van der Waals surface area contributed by atoms with Crippen LogP contribution >= 0.6 is 0 Å². The number of anilines is 1. The van der Waals surface area contributed by atoms with E-state index in [0.717, 1.165) is 24.5 Å². The Morgan fingerprint density at radius 3 is 2.75 bits per heavy atom. The van der Waals surface area contributed by atoms with E-state index in [1.54, 1.807) is 12.1 Å². The van der Waals surface area contributed by atoms with Gasteiger partial charge in [0.25, 0.3) is 0 Å². The zero-order chi connectivity index (χ0) is 13.9. The maximum absolute atomic E-state index is 13.9. The molecular formula is C15H16FN3O. The van der Waals surface area contributed by atoms with E-state index < -0.39 is 0 Å². The van der Waals surface area contributed by atoms with Gasteiger partial charge in [-0.1, -0.05) is 11.6 Å². The summed E-state index contributed by atoms with van der Waals surface area (Å²) >= 11 is 0. The van der Waals surface area contributed by atoms with Crippen LogP contribution in [0.4, 0.5) is 10.2 Å². The van der Waals surface area contributed by atoms with Crippen LogP contribution in [0.1, 0.15) is 5.56 Å². The van der Waals surface area contributed by atoms with Gasteiger partial charge < -0.3 is 9.64 Å². The monoisotopic (exact) mass is 273 g/mol. The number of benzene rings is 1. The van der Waals surface area contributed by atoms with E-state index in [1.165, 1.54) is 12.4 Å². The molecule has 3 rings (SSSR count). The van der Waals surface area contributed by atoms with Gasteiger partial charge in [0.1, 0.15) is 18.0 Å². The van der Waals surface area contributed by atoms with Gasteiger partial charge in [0, 0.05) is 24.7 Å². The van der Waals surface area contributed by atoms with Crippen molar-refractivity contribution in [2.45, 2.75) is 6.92 Å². The molecule has 0 N–H and O–H groups in total. The first-order valence-corrected chi connectivity index (χ1v) is 6.65. The molecule has 0 unspecified atom stereocenters. The third-order valence-electron chi connectivity index (χ3n) is 3.39. The summed E-state index contributed by atoms with van der Waals surface area (Å²) in [5.74, 6) is 0.557. The minimum Gasteiger partial charge on any atom is -0.378 e. The number of aromatic nitrogens is 2.